The van der Waals surface area contributed by atoms with Crippen molar-refractivity contribution in [1.29, 1.82) is 0 Å². The van der Waals surface area contributed by atoms with Crippen LogP contribution in [0.2, 0.25) is 0 Å². The minimum absolute atomic E-state index is 0.112. The van der Waals surface area contributed by atoms with Crippen molar-refractivity contribution in [2.75, 3.05) is 0 Å². The van der Waals surface area contributed by atoms with E-state index in [9.17, 15) is 18.5 Å². The molecule has 0 atom stereocenters. The first-order valence-electron chi connectivity index (χ1n) is 5.23. The molecule has 2 aromatic rings. The highest BCUT2D eigenvalue weighted by Crippen LogP contribution is 2.22. The highest BCUT2D eigenvalue weighted by Gasteiger charge is 2.18. The van der Waals surface area contributed by atoms with Gasteiger partial charge in [-0.1, -0.05) is 0 Å². The van der Waals surface area contributed by atoms with Crippen LogP contribution in [-0.4, -0.2) is 18.3 Å². The lowest BCUT2D eigenvalue weighted by molar-refractivity contribution is -0.389. The normalized spacial score (nSPS) is 11.4. The molecular formula is C10H8BrN3O4S2. The minimum Gasteiger partial charge on any atom is -0.358 e. The molecule has 0 fully saturated rings. The van der Waals surface area contributed by atoms with Crippen molar-refractivity contribution < 1.29 is 13.3 Å². The summed E-state index contributed by atoms with van der Waals surface area (Å²) in [6.45, 7) is 0.148. The Bertz CT molecular complexity index is 727. The Hall–Kier alpha value is -1.36. The molecule has 0 radical (unpaired) electrons. The third-order valence-electron chi connectivity index (χ3n) is 2.28. The van der Waals surface area contributed by atoms with Crippen LogP contribution in [0.3, 0.4) is 0 Å². The number of aromatic nitrogens is 1. The summed E-state index contributed by atoms with van der Waals surface area (Å²) in [6.07, 6.45) is 0.963. The van der Waals surface area contributed by atoms with Crippen LogP contribution in [0.25, 0.3) is 0 Å². The van der Waals surface area contributed by atoms with Gasteiger partial charge >= 0.3 is 5.82 Å². The summed E-state index contributed by atoms with van der Waals surface area (Å²) < 4.78 is 27.2. The van der Waals surface area contributed by atoms with Gasteiger partial charge in [0.2, 0.25) is 10.0 Å². The standard InChI is InChI=1S/C10H8BrN3O4S2/c11-9-3-1-7(19-9)5-13-20(17,18)8-2-4-10(12-6-8)14(15)16/h1-4,6,13H,5H2. The molecule has 0 saturated carbocycles. The average Bonchev–Trinajstić information content (AvgIpc) is 2.82. The smallest absolute Gasteiger partial charge is 0.358 e. The molecule has 106 valence electrons. The molecule has 0 amide bonds. The van der Waals surface area contributed by atoms with Crippen LogP contribution in [0, 0.1) is 10.1 Å². The van der Waals surface area contributed by atoms with Gasteiger partial charge in [0.05, 0.1) is 3.79 Å². The minimum atomic E-state index is -3.74. The fourth-order valence-corrected chi connectivity index (χ4v) is 3.80. The van der Waals surface area contributed by atoms with Gasteiger partial charge in [-0.3, -0.25) is 0 Å². The Morgan fingerprint density at radius 2 is 2.10 bits per heavy atom. The van der Waals surface area contributed by atoms with Crippen LogP contribution in [-0.2, 0) is 16.6 Å². The predicted octanol–water partition coefficient (Wildman–Crippen LogP) is 2.29. The van der Waals surface area contributed by atoms with E-state index in [2.05, 4.69) is 25.6 Å². The van der Waals surface area contributed by atoms with E-state index in [-0.39, 0.29) is 11.4 Å². The molecule has 2 aromatic heterocycles. The molecule has 0 bridgehead atoms. The van der Waals surface area contributed by atoms with Gasteiger partial charge in [0.25, 0.3) is 0 Å². The lowest BCUT2D eigenvalue weighted by Gasteiger charge is -2.03. The van der Waals surface area contributed by atoms with Crippen molar-refractivity contribution in [1.82, 2.24) is 9.71 Å². The zero-order valence-electron chi connectivity index (χ0n) is 9.82. The van der Waals surface area contributed by atoms with Gasteiger partial charge < -0.3 is 10.1 Å². The SMILES string of the molecule is O=[N+]([O-])c1ccc(S(=O)(=O)NCc2ccc(Br)s2)cn1. The second-order valence-electron chi connectivity index (χ2n) is 3.64. The molecule has 1 N–H and O–H groups in total. The molecule has 0 saturated heterocycles. The lowest BCUT2D eigenvalue weighted by atomic mass is 10.5. The molecule has 0 unspecified atom stereocenters. The maximum Gasteiger partial charge on any atom is 0.363 e. The molecule has 10 heteroatoms. The van der Waals surface area contributed by atoms with Crippen molar-refractivity contribution in [3.63, 3.8) is 0 Å². The molecule has 2 rings (SSSR count). The van der Waals surface area contributed by atoms with Crippen molar-refractivity contribution in [2.24, 2.45) is 0 Å². The Labute approximate surface area is 127 Å². The van der Waals surface area contributed by atoms with E-state index in [1.165, 1.54) is 11.3 Å². The maximum absolute atomic E-state index is 12.0. The van der Waals surface area contributed by atoms with Crippen molar-refractivity contribution in [3.8, 4) is 0 Å². The summed E-state index contributed by atoms with van der Waals surface area (Å²) in [4.78, 5) is 14.0. The van der Waals surface area contributed by atoms with Crippen LogP contribution in [0.5, 0.6) is 0 Å². The number of nitrogens with one attached hydrogen (secondary N) is 1. The van der Waals surface area contributed by atoms with Gasteiger partial charge in [0, 0.05) is 17.5 Å². The molecule has 0 aliphatic carbocycles. The Morgan fingerprint density at radius 3 is 2.60 bits per heavy atom. The molecule has 0 spiro atoms. The van der Waals surface area contributed by atoms with E-state index in [1.807, 2.05) is 6.07 Å². The maximum atomic E-state index is 12.0. The first-order chi connectivity index (χ1) is 9.38. The molecule has 20 heavy (non-hydrogen) atoms. The highest BCUT2D eigenvalue weighted by molar-refractivity contribution is 9.11. The van der Waals surface area contributed by atoms with Gasteiger partial charge in [-0.25, -0.2) is 13.1 Å². The van der Waals surface area contributed by atoms with Crippen LogP contribution < -0.4 is 4.72 Å². The molecular weight excluding hydrogens is 370 g/mol. The summed E-state index contributed by atoms with van der Waals surface area (Å²) in [7, 11) is -3.74. The van der Waals surface area contributed by atoms with Gasteiger partial charge in [-0.05, 0) is 44.0 Å². The second kappa shape index (κ2) is 5.95. The van der Waals surface area contributed by atoms with E-state index < -0.39 is 20.8 Å². The summed E-state index contributed by atoms with van der Waals surface area (Å²) in [5.74, 6) is -0.397. The Kier molecular flexibility index (Phi) is 4.48. The number of rotatable bonds is 5. The summed E-state index contributed by atoms with van der Waals surface area (Å²) in [6, 6.07) is 5.82. The van der Waals surface area contributed by atoms with Crippen LogP contribution >= 0.6 is 27.3 Å². The van der Waals surface area contributed by atoms with E-state index in [0.29, 0.717) is 0 Å². The fourth-order valence-electron chi connectivity index (χ4n) is 1.34. The third-order valence-corrected chi connectivity index (χ3v) is 5.29. The van der Waals surface area contributed by atoms with Gasteiger partial charge in [0.1, 0.15) is 4.90 Å². The van der Waals surface area contributed by atoms with Crippen molar-refractivity contribution in [2.45, 2.75) is 11.4 Å². The summed E-state index contributed by atoms with van der Waals surface area (Å²) in [5, 5.41) is 10.4. The molecule has 0 aliphatic heterocycles. The zero-order chi connectivity index (χ0) is 14.8. The monoisotopic (exact) mass is 377 g/mol. The van der Waals surface area contributed by atoms with Gasteiger partial charge in [0.15, 0.2) is 6.20 Å². The second-order valence-corrected chi connectivity index (χ2v) is 7.95. The van der Waals surface area contributed by atoms with Crippen LogP contribution in [0.4, 0.5) is 5.82 Å². The predicted molar refractivity (Wildman–Crippen MR) is 76.9 cm³/mol. The highest BCUT2D eigenvalue weighted by atomic mass is 79.9. The number of pyridine rings is 1. The number of nitro groups is 1. The molecule has 2 heterocycles. The van der Waals surface area contributed by atoms with E-state index in [4.69, 9.17) is 0 Å². The third kappa shape index (κ3) is 3.60. The van der Waals surface area contributed by atoms with Crippen LogP contribution in [0.15, 0.2) is 39.1 Å². The Balaban J connectivity index is 2.11. The lowest BCUT2D eigenvalue weighted by Crippen LogP contribution is -2.22. The zero-order valence-corrected chi connectivity index (χ0v) is 13.0. The van der Waals surface area contributed by atoms with E-state index >= 15 is 0 Å². The van der Waals surface area contributed by atoms with E-state index in [1.54, 1.807) is 6.07 Å². The Morgan fingerprint density at radius 1 is 1.35 bits per heavy atom. The first-order valence-corrected chi connectivity index (χ1v) is 8.32. The fraction of sp³-hybridized carbons (Fsp3) is 0.100. The number of thiophene rings is 1. The molecule has 7 nitrogen and oxygen atoms in total. The summed E-state index contributed by atoms with van der Waals surface area (Å²) in [5.41, 5.74) is 0. The number of hydrogen-bond acceptors (Lipinski definition) is 6. The number of sulfonamides is 1. The van der Waals surface area contributed by atoms with E-state index in [0.717, 1.165) is 27.0 Å². The largest absolute Gasteiger partial charge is 0.363 e. The number of hydrogen-bond donors (Lipinski definition) is 1. The number of halogens is 1. The number of nitrogens with zero attached hydrogens (tertiary/aromatic N) is 2. The topological polar surface area (TPSA) is 102 Å². The summed E-state index contributed by atoms with van der Waals surface area (Å²) >= 11 is 4.70. The average molecular weight is 378 g/mol. The van der Waals surface area contributed by atoms with Crippen molar-refractivity contribution in [3.05, 3.63) is 49.2 Å². The quantitative estimate of drug-likeness (QED) is 0.635. The first kappa shape index (κ1) is 15.0. The van der Waals surface area contributed by atoms with Gasteiger partial charge in [-0.2, -0.15) is 0 Å². The molecule has 0 aliphatic rings. The van der Waals surface area contributed by atoms with Crippen LogP contribution in [0.1, 0.15) is 4.88 Å². The molecule has 0 aromatic carbocycles. The van der Waals surface area contributed by atoms with Gasteiger partial charge in [-0.15, -0.1) is 11.3 Å². The van der Waals surface area contributed by atoms with Crippen molar-refractivity contribution >= 4 is 43.1 Å².